The summed E-state index contributed by atoms with van der Waals surface area (Å²) in [6.45, 7) is 3.94. The molecule has 2 aromatic rings. The van der Waals surface area contributed by atoms with E-state index in [4.69, 9.17) is 9.41 Å². The fourth-order valence-electron chi connectivity index (χ4n) is 2.62. The van der Waals surface area contributed by atoms with Crippen molar-refractivity contribution in [2.45, 2.75) is 19.5 Å². The second kappa shape index (κ2) is 11.2. The number of nitrogens with zero attached hydrogens (tertiary/aromatic N) is 3. The van der Waals surface area contributed by atoms with Crippen molar-refractivity contribution in [3.05, 3.63) is 59.8 Å². The minimum Gasteiger partial charge on any atom is -0.468 e. The molecule has 0 spiro atoms. The van der Waals surface area contributed by atoms with Crippen molar-refractivity contribution in [3.63, 3.8) is 0 Å². The Labute approximate surface area is 172 Å². The molecular formula is C19H28FIN4O. The van der Waals surface area contributed by atoms with Crippen LogP contribution >= 0.6 is 24.0 Å². The Bertz CT molecular complexity index is 676. The topological polar surface area (TPSA) is 44.0 Å². The van der Waals surface area contributed by atoms with Crippen molar-refractivity contribution >= 4 is 29.9 Å². The van der Waals surface area contributed by atoms with E-state index in [1.807, 2.05) is 51.2 Å². The lowest BCUT2D eigenvalue weighted by Crippen LogP contribution is -2.39. The molecule has 0 radical (unpaired) electrons. The Morgan fingerprint density at radius 3 is 2.58 bits per heavy atom. The van der Waals surface area contributed by atoms with Crippen LogP contribution < -0.4 is 5.32 Å². The summed E-state index contributed by atoms with van der Waals surface area (Å²) in [4.78, 5) is 8.82. The number of guanidine groups is 1. The lowest BCUT2D eigenvalue weighted by molar-refractivity contribution is 0.264. The van der Waals surface area contributed by atoms with E-state index in [-0.39, 0.29) is 35.8 Å². The van der Waals surface area contributed by atoms with E-state index in [1.54, 1.807) is 18.4 Å². The summed E-state index contributed by atoms with van der Waals surface area (Å²) in [6, 6.07) is 10.5. The summed E-state index contributed by atoms with van der Waals surface area (Å²) in [7, 11) is 5.96. The van der Waals surface area contributed by atoms with Crippen LogP contribution in [0, 0.1) is 5.82 Å². The van der Waals surface area contributed by atoms with Gasteiger partial charge in [-0.2, -0.15) is 0 Å². The molecule has 1 heterocycles. The number of furan rings is 1. The monoisotopic (exact) mass is 474 g/mol. The van der Waals surface area contributed by atoms with Crippen LogP contribution in [-0.2, 0) is 6.54 Å². The molecule has 1 aromatic heterocycles. The zero-order valence-electron chi connectivity index (χ0n) is 15.8. The Hall–Kier alpha value is -1.61. The van der Waals surface area contributed by atoms with E-state index in [0.29, 0.717) is 13.1 Å². The highest BCUT2D eigenvalue weighted by Gasteiger charge is 2.17. The summed E-state index contributed by atoms with van der Waals surface area (Å²) in [6.07, 6.45) is 1.68. The summed E-state index contributed by atoms with van der Waals surface area (Å²) in [5.74, 6) is 1.45. The molecule has 1 N–H and O–H groups in total. The molecule has 0 amide bonds. The highest BCUT2D eigenvalue weighted by Crippen LogP contribution is 2.19. The molecule has 2 rings (SSSR count). The van der Waals surface area contributed by atoms with Crippen LogP contribution in [0.3, 0.4) is 0 Å². The Kier molecular flexibility index (Phi) is 9.64. The molecule has 1 aromatic carbocycles. The molecule has 0 aliphatic carbocycles. The van der Waals surface area contributed by atoms with Crippen molar-refractivity contribution in [2.24, 2.45) is 4.99 Å². The van der Waals surface area contributed by atoms with Crippen molar-refractivity contribution in [2.75, 3.05) is 34.2 Å². The number of aliphatic imine (C=N–C) groups is 1. The Morgan fingerprint density at radius 1 is 1.23 bits per heavy atom. The first-order chi connectivity index (χ1) is 12.0. The molecule has 5 nitrogen and oxygen atoms in total. The zero-order valence-corrected chi connectivity index (χ0v) is 18.1. The smallest absolute Gasteiger partial charge is 0.194 e. The van der Waals surface area contributed by atoms with Crippen LogP contribution in [0.2, 0.25) is 0 Å². The average Bonchev–Trinajstić information content (AvgIpc) is 3.08. The van der Waals surface area contributed by atoms with Gasteiger partial charge in [0.15, 0.2) is 5.96 Å². The van der Waals surface area contributed by atoms with Gasteiger partial charge in [0.25, 0.3) is 0 Å². The second-order valence-electron chi connectivity index (χ2n) is 6.18. The minimum absolute atomic E-state index is 0. The van der Waals surface area contributed by atoms with Gasteiger partial charge in [0, 0.05) is 20.1 Å². The third-order valence-electron chi connectivity index (χ3n) is 3.91. The van der Waals surface area contributed by atoms with Gasteiger partial charge >= 0.3 is 0 Å². The molecule has 144 valence electrons. The van der Waals surface area contributed by atoms with Gasteiger partial charge in [0.2, 0.25) is 0 Å². The quantitative estimate of drug-likeness (QED) is 0.378. The predicted octanol–water partition coefficient (Wildman–Crippen LogP) is 3.74. The first-order valence-electron chi connectivity index (χ1n) is 8.45. The third-order valence-corrected chi connectivity index (χ3v) is 3.91. The second-order valence-corrected chi connectivity index (χ2v) is 6.18. The Morgan fingerprint density at radius 2 is 2.00 bits per heavy atom. The van der Waals surface area contributed by atoms with Crippen LogP contribution in [0.15, 0.2) is 52.1 Å². The minimum atomic E-state index is -0.224. The number of nitrogens with one attached hydrogen (secondary N) is 1. The van der Waals surface area contributed by atoms with Gasteiger partial charge in [-0.15, -0.1) is 24.0 Å². The van der Waals surface area contributed by atoms with Gasteiger partial charge in [-0.3, -0.25) is 9.89 Å². The summed E-state index contributed by atoms with van der Waals surface area (Å²) in [5, 5.41) is 3.29. The lowest BCUT2D eigenvalue weighted by atomic mass is 10.2. The van der Waals surface area contributed by atoms with Gasteiger partial charge in [-0.05, 0) is 50.8 Å². The number of rotatable bonds is 7. The van der Waals surface area contributed by atoms with Gasteiger partial charge in [-0.1, -0.05) is 12.1 Å². The number of hydrogen-bond donors (Lipinski definition) is 1. The van der Waals surface area contributed by atoms with E-state index < -0.39 is 0 Å². The van der Waals surface area contributed by atoms with Gasteiger partial charge in [0.1, 0.15) is 11.6 Å². The van der Waals surface area contributed by atoms with Crippen molar-refractivity contribution in [3.8, 4) is 0 Å². The number of likely N-dealkylation sites (N-methyl/N-ethyl adjacent to an activating group) is 1. The van der Waals surface area contributed by atoms with E-state index in [2.05, 4.69) is 10.2 Å². The van der Waals surface area contributed by atoms with Crippen molar-refractivity contribution < 1.29 is 8.81 Å². The van der Waals surface area contributed by atoms with Crippen LogP contribution in [0.5, 0.6) is 0 Å². The molecular weight excluding hydrogens is 446 g/mol. The highest BCUT2D eigenvalue weighted by molar-refractivity contribution is 14.0. The van der Waals surface area contributed by atoms with Gasteiger partial charge in [-0.25, -0.2) is 4.39 Å². The molecule has 0 aliphatic heterocycles. The van der Waals surface area contributed by atoms with Crippen LogP contribution in [-0.4, -0.2) is 50.0 Å². The molecule has 0 bridgehead atoms. The molecule has 0 saturated heterocycles. The maximum absolute atomic E-state index is 13.4. The summed E-state index contributed by atoms with van der Waals surface area (Å²) < 4.78 is 18.9. The van der Waals surface area contributed by atoms with Crippen molar-refractivity contribution in [1.82, 2.24) is 15.1 Å². The molecule has 0 aliphatic rings. The lowest BCUT2D eigenvalue weighted by Gasteiger charge is -2.25. The van der Waals surface area contributed by atoms with Crippen molar-refractivity contribution in [1.29, 1.82) is 0 Å². The molecule has 1 atom stereocenters. The fourth-order valence-corrected chi connectivity index (χ4v) is 2.62. The average molecular weight is 474 g/mol. The van der Waals surface area contributed by atoms with Crippen LogP contribution in [0.1, 0.15) is 24.3 Å². The first kappa shape index (κ1) is 22.4. The first-order valence-corrected chi connectivity index (χ1v) is 8.45. The van der Waals surface area contributed by atoms with E-state index >= 15 is 0 Å². The number of halogens is 2. The molecule has 0 saturated carbocycles. The zero-order chi connectivity index (χ0) is 18.2. The van der Waals surface area contributed by atoms with Crippen LogP contribution in [0.4, 0.5) is 4.39 Å². The van der Waals surface area contributed by atoms with E-state index in [1.165, 1.54) is 6.07 Å². The Balaban J connectivity index is 0.00000338. The molecule has 0 fully saturated rings. The highest BCUT2D eigenvalue weighted by atomic mass is 127. The molecule has 1 unspecified atom stereocenters. The number of benzene rings is 1. The van der Waals surface area contributed by atoms with E-state index in [9.17, 15) is 4.39 Å². The molecule has 26 heavy (non-hydrogen) atoms. The normalized spacial score (nSPS) is 12.6. The van der Waals surface area contributed by atoms with Gasteiger partial charge in [0.05, 0.1) is 18.8 Å². The predicted molar refractivity (Wildman–Crippen MR) is 114 cm³/mol. The maximum atomic E-state index is 13.4. The SMILES string of the molecule is CCNC(=NCC(c1ccco1)N(C)C)N(C)Cc1cccc(F)c1.I. The van der Waals surface area contributed by atoms with Crippen LogP contribution in [0.25, 0.3) is 0 Å². The molecule has 7 heteroatoms. The largest absolute Gasteiger partial charge is 0.468 e. The fraction of sp³-hybridized carbons (Fsp3) is 0.421. The summed E-state index contributed by atoms with van der Waals surface area (Å²) >= 11 is 0. The third kappa shape index (κ3) is 6.60. The maximum Gasteiger partial charge on any atom is 0.194 e. The number of hydrogen-bond acceptors (Lipinski definition) is 3. The summed E-state index contributed by atoms with van der Waals surface area (Å²) in [5.41, 5.74) is 0.906. The standard InChI is InChI=1S/C19H27FN4O.HI/c1-5-21-19(24(4)14-15-8-6-9-16(20)12-15)22-13-17(23(2)3)18-10-7-11-25-18;/h6-12,17H,5,13-14H2,1-4H3,(H,21,22);1H. The van der Waals surface area contributed by atoms with Gasteiger partial charge < -0.3 is 14.6 Å². The van der Waals surface area contributed by atoms with E-state index in [0.717, 1.165) is 23.8 Å².